The Kier molecular flexibility index (Phi) is 6.75. The van der Waals surface area contributed by atoms with E-state index in [1.165, 1.54) is 0 Å². The summed E-state index contributed by atoms with van der Waals surface area (Å²) in [6.45, 7) is 4.84. The fourth-order valence-corrected chi connectivity index (χ4v) is 2.76. The van der Waals surface area contributed by atoms with E-state index in [-0.39, 0.29) is 18.3 Å². The Labute approximate surface area is 158 Å². The molecule has 1 fully saturated rings. The molecule has 8 heteroatoms. The summed E-state index contributed by atoms with van der Waals surface area (Å²) in [7, 11) is 0. The Morgan fingerprint density at radius 1 is 1.23 bits per heavy atom. The molecule has 0 unspecified atom stereocenters. The number of nitrogens with zero attached hydrogens (tertiary/aromatic N) is 5. The van der Waals surface area contributed by atoms with E-state index in [2.05, 4.69) is 16.0 Å². The second-order valence-corrected chi connectivity index (χ2v) is 5.56. The van der Waals surface area contributed by atoms with E-state index in [4.69, 9.17) is 10.00 Å². The number of carbonyl (C=O) groups is 1. The van der Waals surface area contributed by atoms with Crippen molar-refractivity contribution in [3.05, 3.63) is 47.7 Å². The van der Waals surface area contributed by atoms with E-state index in [0.717, 1.165) is 0 Å². The minimum Gasteiger partial charge on any atom is -0.478 e. The van der Waals surface area contributed by atoms with Gasteiger partial charge in [-0.3, -0.25) is 4.79 Å². The van der Waals surface area contributed by atoms with Gasteiger partial charge < -0.3 is 14.5 Å². The lowest BCUT2D eigenvalue weighted by atomic mass is 10.1. The third-order valence-electron chi connectivity index (χ3n) is 4.04. The third kappa shape index (κ3) is 4.21. The zero-order valence-corrected chi connectivity index (χ0v) is 15.3. The maximum Gasteiger partial charge on any atom is 0.255 e. The summed E-state index contributed by atoms with van der Waals surface area (Å²) in [5.74, 6) is 1.05. The molecule has 1 amide bonds. The molecule has 0 aliphatic carbocycles. The molecule has 136 valence electrons. The number of amides is 1. The highest BCUT2D eigenvalue weighted by Gasteiger charge is 2.25. The lowest BCUT2D eigenvalue weighted by Crippen LogP contribution is -2.49. The number of anilines is 1. The normalized spacial score (nSPS) is 13.5. The van der Waals surface area contributed by atoms with Crippen LogP contribution in [0.2, 0.25) is 0 Å². The van der Waals surface area contributed by atoms with Crippen LogP contribution in [0.5, 0.6) is 5.88 Å². The number of benzene rings is 1. The van der Waals surface area contributed by atoms with Crippen LogP contribution >= 0.6 is 12.4 Å². The van der Waals surface area contributed by atoms with Gasteiger partial charge in [-0.15, -0.1) is 12.4 Å². The SMILES string of the molecule is CCOc1ccnc(N2CCN(C(=O)c3ccccc3C#N)CC2)n1.Cl. The van der Waals surface area contributed by atoms with Crippen molar-refractivity contribution in [1.82, 2.24) is 14.9 Å². The molecule has 1 saturated heterocycles. The summed E-state index contributed by atoms with van der Waals surface area (Å²) in [5.41, 5.74) is 0.857. The van der Waals surface area contributed by atoms with Crippen molar-refractivity contribution in [3.8, 4) is 11.9 Å². The Bertz CT molecular complexity index is 800. The topological polar surface area (TPSA) is 82.4 Å². The number of hydrogen-bond acceptors (Lipinski definition) is 6. The van der Waals surface area contributed by atoms with E-state index in [1.54, 1.807) is 41.4 Å². The number of halogens is 1. The van der Waals surface area contributed by atoms with Crippen LogP contribution in [0, 0.1) is 11.3 Å². The van der Waals surface area contributed by atoms with E-state index in [0.29, 0.717) is 55.7 Å². The maximum absolute atomic E-state index is 12.7. The summed E-state index contributed by atoms with van der Waals surface area (Å²) < 4.78 is 5.41. The van der Waals surface area contributed by atoms with Crippen LogP contribution in [-0.2, 0) is 0 Å². The van der Waals surface area contributed by atoms with Crippen molar-refractivity contribution >= 4 is 24.3 Å². The van der Waals surface area contributed by atoms with Crippen LogP contribution < -0.4 is 9.64 Å². The molecule has 0 N–H and O–H groups in total. The zero-order chi connectivity index (χ0) is 17.6. The number of carbonyl (C=O) groups excluding carboxylic acids is 1. The third-order valence-corrected chi connectivity index (χ3v) is 4.04. The lowest BCUT2D eigenvalue weighted by molar-refractivity contribution is 0.0746. The summed E-state index contributed by atoms with van der Waals surface area (Å²) in [4.78, 5) is 25.1. The molecule has 7 nitrogen and oxygen atoms in total. The first kappa shape index (κ1) is 19.5. The molecule has 0 bridgehead atoms. The summed E-state index contributed by atoms with van der Waals surface area (Å²) in [5, 5.41) is 9.17. The maximum atomic E-state index is 12.7. The van der Waals surface area contributed by atoms with Crippen molar-refractivity contribution in [2.75, 3.05) is 37.7 Å². The molecule has 26 heavy (non-hydrogen) atoms. The Hall–Kier alpha value is -2.85. The van der Waals surface area contributed by atoms with Gasteiger partial charge in [-0.1, -0.05) is 12.1 Å². The van der Waals surface area contributed by atoms with Crippen molar-refractivity contribution in [3.63, 3.8) is 0 Å². The molecule has 0 spiro atoms. The van der Waals surface area contributed by atoms with Gasteiger partial charge in [0, 0.05) is 38.4 Å². The number of ether oxygens (including phenoxy) is 1. The molecule has 2 heterocycles. The van der Waals surface area contributed by atoms with Crippen LogP contribution in [0.15, 0.2) is 36.5 Å². The highest BCUT2D eigenvalue weighted by Crippen LogP contribution is 2.17. The van der Waals surface area contributed by atoms with E-state index in [1.807, 2.05) is 11.8 Å². The Morgan fingerprint density at radius 3 is 2.65 bits per heavy atom. The minimum atomic E-state index is -0.110. The first-order chi connectivity index (χ1) is 12.2. The Balaban J connectivity index is 0.00000243. The minimum absolute atomic E-state index is 0. The average molecular weight is 374 g/mol. The predicted octanol–water partition coefficient (Wildman–Crippen LogP) is 2.13. The van der Waals surface area contributed by atoms with Crippen LogP contribution in [0.4, 0.5) is 5.95 Å². The van der Waals surface area contributed by atoms with E-state index in [9.17, 15) is 4.79 Å². The quantitative estimate of drug-likeness (QED) is 0.816. The van der Waals surface area contributed by atoms with Gasteiger partial charge in [-0.2, -0.15) is 10.2 Å². The number of hydrogen-bond donors (Lipinski definition) is 0. The van der Waals surface area contributed by atoms with Gasteiger partial charge in [0.2, 0.25) is 11.8 Å². The lowest BCUT2D eigenvalue weighted by Gasteiger charge is -2.34. The molecule has 1 aliphatic rings. The van der Waals surface area contributed by atoms with Crippen LogP contribution in [0.25, 0.3) is 0 Å². The molecule has 3 rings (SSSR count). The molecule has 1 aromatic heterocycles. The van der Waals surface area contributed by atoms with Gasteiger partial charge in [0.1, 0.15) is 0 Å². The molecular formula is C18H20ClN5O2. The largest absolute Gasteiger partial charge is 0.478 e. The van der Waals surface area contributed by atoms with Crippen molar-refractivity contribution in [1.29, 1.82) is 5.26 Å². The molecule has 1 aliphatic heterocycles. The fourth-order valence-electron chi connectivity index (χ4n) is 2.76. The molecular weight excluding hydrogens is 354 g/mol. The fraction of sp³-hybridized carbons (Fsp3) is 0.333. The number of piperazine rings is 1. The van der Waals surface area contributed by atoms with Crippen molar-refractivity contribution in [2.24, 2.45) is 0 Å². The van der Waals surface area contributed by atoms with E-state index < -0.39 is 0 Å². The van der Waals surface area contributed by atoms with Gasteiger partial charge in [0.15, 0.2) is 0 Å². The van der Waals surface area contributed by atoms with E-state index >= 15 is 0 Å². The molecule has 1 aromatic carbocycles. The van der Waals surface area contributed by atoms with Gasteiger partial charge >= 0.3 is 0 Å². The summed E-state index contributed by atoms with van der Waals surface area (Å²) in [6.07, 6.45) is 1.67. The van der Waals surface area contributed by atoms with Crippen LogP contribution in [0.1, 0.15) is 22.8 Å². The van der Waals surface area contributed by atoms with Gasteiger partial charge in [-0.25, -0.2) is 4.98 Å². The predicted molar refractivity (Wildman–Crippen MR) is 99.7 cm³/mol. The second-order valence-electron chi connectivity index (χ2n) is 5.56. The monoisotopic (exact) mass is 373 g/mol. The molecule has 0 radical (unpaired) electrons. The standard InChI is InChI=1S/C18H19N5O2.ClH/c1-2-25-16-7-8-20-18(21-16)23-11-9-22(10-12-23)17(24)15-6-4-3-5-14(15)13-19;/h3-8H,2,9-12H2,1H3;1H. The summed E-state index contributed by atoms with van der Waals surface area (Å²) in [6, 6.07) is 10.7. The smallest absolute Gasteiger partial charge is 0.255 e. The van der Waals surface area contributed by atoms with Gasteiger partial charge in [-0.05, 0) is 19.1 Å². The Morgan fingerprint density at radius 2 is 1.96 bits per heavy atom. The second kappa shape index (κ2) is 9.02. The van der Waals surface area contributed by atoms with Crippen LogP contribution in [0.3, 0.4) is 0 Å². The highest BCUT2D eigenvalue weighted by molar-refractivity contribution is 5.96. The molecule has 0 atom stereocenters. The van der Waals surface area contributed by atoms with Crippen molar-refractivity contribution in [2.45, 2.75) is 6.92 Å². The molecule has 2 aromatic rings. The number of aromatic nitrogens is 2. The van der Waals surface area contributed by atoms with Crippen LogP contribution in [-0.4, -0.2) is 53.6 Å². The average Bonchev–Trinajstić information content (AvgIpc) is 2.68. The number of nitriles is 1. The first-order valence-corrected chi connectivity index (χ1v) is 8.22. The van der Waals surface area contributed by atoms with Gasteiger partial charge in [0.25, 0.3) is 5.91 Å². The molecule has 0 saturated carbocycles. The van der Waals surface area contributed by atoms with Gasteiger partial charge in [0.05, 0.1) is 23.8 Å². The zero-order valence-electron chi connectivity index (χ0n) is 14.5. The number of rotatable bonds is 4. The first-order valence-electron chi connectivity index (χ1n) is 8.22. The van der Waals surface area contributed by atoms with Crippen molar-refractivity contribution < 1.29 is 9.53 Å². The summed E-state index contributed by atoms with van der Waals surface area (Å²) >= 11 is 0. The highest BCUT2D eigenvalue weighted by atomic mass is 35.5.